The number of nitrogens with one attached hydrogen (secondary N) is 2. The number of rotatable bonds is 7. The highest BCUT2D eigenvalue weighted by Crippen LogP contribution is 2.25. The van der Waals surface area contributed by atoms with E-state index in [1.165, 1.54) is 22.1 Å². The van der Waals surface area contributed by atoms with E-state index < -0.39 is 0 Å². The van der Waals surface area contributed by atoms with Crippen molar-refractivity contribution >= 4 is 21.4 Å². The summed E-state index contributed by atoms with van der Waals surface area (Å²) in [7, 11) is 0. The summed E-state index contributed by atoms with van der Waals surface area (Å²) >= 11 is 1.83. The monoisotopic (exact) mass is 262 g/mol. The van der Waals surface area contributed by atoms with Crippen LogP contribution < -0.4 is 10.6 Å². The summed E-state index contributed by atoms with van der Waals surface area (Å²) in [5, 5.41) is 10.7. The third-order valence-electron chi connectivity index (χ3n) is 3.08. The molecule has 1 aromatic carbocycles. The van der Waals surface area contributed by atoms with E-state index in [1.807, 2.05) is 11.3 Å². The zero-order valence-corrected chi connectivity index (χ0v) is 12.0. The number of hydrogen-bond acceptors (Lipinski definition) is 3. The Morgan fingerprint density at radius 1 is 1.28 bits per heavy atom. The van der Waals surface area contributed by atoms with Crippen molar-refractivity contribution in [2.75, 3.05) is 13.1 Å². The number of fused-ring (bicyclic) bond motifs is 1. The van der Waals surface area contributed by atoms with Crippen molar-refractivity contribution in [2.24, 2.45) is 0 Å². The van der Waals surface area contributed by atoms with Gasteiger partial charge < -0.3 is 10.6 Å². The van der Waals surface area contributed by atoms with Gasteiger partial charge in [0.1, 0.15) is 0 Å². The normalized spacial score (nSPS) is 13.0. The fourth-order valence-electron chi connectivity index (χ4n) is 2.02. The van der Waals surface area contributed by atoms with Crippen LogP contribution in [0, 0.1) is 0 Å². The molecule has 1 atom stereocenters. The Hall–Kier alpha value is -0.900. The quantitative estimate of drug-likeness (QED) is 0.748. The van der Waals surface area contributed by atoms with Gasteiger partial charge in [0.2, 0.25) is 0 Å². The molecule has 0 bridgehead atoms. The smallest absolute Gasteiger partial charge is 0.0346 e. The molecule has 2 rings (SSSR count). The third-order valence-corrected chi connectivity index (χ3v) is 4.09. The lowest BCUT2D eigenvalue weighted by Gasteiger charge is -2.14. The summed E-state index contributed by atoms with van der Waals surface area (Å²) in [6.07, 6.45) is 1.20. The minimum absolute atomic E-state index is 0.509. The molecule has 18 heavy (non-hydrogen) atoms. The van der Waals surface area contributed by atoms with Gasteiger partial charge in [-0.3, -0.25) is 0 Å². The summed E-state index contributed by atoms with van der Waals surface area (Å²) < 4.78 is 1.38. The van der Waals surface area contributed by atoms with Crippen LogP contribution in [-0.2, 0) is 6.54 Å². The van der Waals surface area contributed by atoms with E-state index in [4.69, 9.17) is 0 Å². The second-order valence-electron chi connectivity index (χ2n) is 4.74. The number of hydrogen-bond donors (Lipinski definition) is 2. The fourth-order valence-corrected chi connectivity index (χ4v) is 2.98. The van der Waals surface area contributed by atoms with Gasteiger partial charge >= 0.3 is 0 Å². The van der Waals surface area contributed by atoms with E-state index in [9.17, 15) is 0 Å². The summed E-state index contributed by atoms with van der Waals surface area (Å²) in [6, 6.07) is 9.13. The molecule has 0 aliphatic rings. The average Bonchev–Trinajstić information content (AvgIpc) is 2.80. The van der Waals surface area contributed by atoms with Gasteiger partial charge in [0, 0.05) is 23.8 Å². The molecule has 0 amide bonds. The van der Waals surface area contributed by atoms with Crippen molar-refractivity contribution in [3.05, 3.63) is 35.2 Å². The highest BCUT2D eigenvalue weighted by Gasteiger charge is 2.05. The Morgan fingerprint density at radius 2 is 2.11 bits per heavy atom. The Bertz CT molecular complexity index is 478. The van der Waals surface area contributed by atoms with E-state index in [1.54, 1.807) is 0 Å². The Balaban J connectivity index is 1.86. The van der Waals surface area contributed by atoms with Gasteiger partial charge in [-0.15, -0.1) is 11.3 Å². The Kier molecular flexibility index (Phi) is 5.17. The Morgan fingerprint density at radius 3 is 2.94 bits per heavy atom. The van der Waals surface area contributed by atoms with E-state index >= 15 is 0 Å². The molecule has 0 aliphatic heterocycles. The van der Waals surface area contributed by atoms with Crippen molar-refractivity contribution < 1.29 is 0 Å². The zero-order chi connectivity index (χ0) is 12.8. The molecule has 0 radical (unpaired) electrons. The minimum Gasteiger partial charge on any atom is -0.315 e. The van der Waals surface area contributed by atoms with Crippen molar-refractivity contribution in [1.82, 2.24) is 10.6 Å². The van der Waals surface area contributed by atoms with Gasteiger partial charge in [-0.2, -0.15) is 0 Å². The topological polar surface area (TPSA) is 24.1 Å². The summed E-state index contributed by atoms with van der Waals surface area (Å²) in [6.45, 7) is 7.53. The van der Waals surface area contributed by atoms with Crippen molar-refractivity contribution in [3.8, 4) is 0 Å². The van der Waals surface area contributed by atoms with Crippen LogP contribution in [0.5, 0.6) is 0 Å². The molecule has 2 aromatic rings. The standard InChI is InChI=1S/C15H22N2S/c1-3-8-16-9-12(2)17-10-13-11-18-15-7-5-4-6-14(13)15/h4-7,11-12,16-17H,3,8-10H2,1-2H3. The molecule has 1 aromatic heterocycles. The molecule has 98 valence electrons. The van der Waals surface area contributed by atoms with Crippen LogP contribution in [0.15, 0.2) is 29.6 Å². The van der Waals surface area contributed by atoms with Crippen molar-refractivity contribution in [3.63, 3.8) is 0 Å². The highest BCUT2D eigenvalue weighted by molar-refractivity contribution is 7.17. The van der Waals surface area contributed by atoms with E-state index in [2.05, 4.69) is 54.1 Å². The van der Waals surface area contributed by atoms with E-state index in [0.29, 0.717) is 6.04 Å². The van der Waals surface area contributed by atoms with Gasteiger partial charge in [-0.05, 0) is 42.3 Å². The second kappa shape index (κ2) is 6.88. The van der Waals surface area contributed by atoms with Crippen LogP contribution in [0.4, 0.5) is 0 Å². The van der Waals surface area contributed by atoms with Crippen molar-refractivity contribution in [1.29, 1.82) is 0 Å². The van der Waals surface area contributed by atoms with Crippen LogP contribution in [0.3, 0.4) is 0 Å². The van der Waals surface area contributed by atoms with Crippen LogP contribution >= 0.6 is 11.3 Å². The first kappa shape index (κ1) is 13.5. The van der Waals surface area contributed by atoms with Gasteiger partial charge in [0.25, 0.3) is 0 Å². The average molecular weight is 262 g/mol. The van der Waals surface area contributed by atoms with Gasteiger partial charge in [-0.1, -0.05) is 25.1 Å². The summed E-state index contributed by atoms with van der Waals surface area (Å²) in [5.74, 6) is 0. The SMILES string of the molecule is CCCNCC(C)NCc1csc2ccccc12. The van der Waals surface area contributed by atoms with Crippen molar-refractivity contribution in [2.45, 2.75) is 32.9 Å². The lowest BCUT2D eigenvalue weighted by molar-refractivity contribution is 0.502. The van der Waals surface area contributed by atoms with Gasteiger partial charge in [-0.25, -0.2) is 0 Å². The van der Waals surface area contributed by atoms with Crippen LogP contribution in [0.25, 0.3) is 10.1 Å². The molecule has 0 saturated heterocycles. The maximum atomic E-state index is 3.58. The van der Waals surface area contributed by atoms with E-state index in [-0.39, 0.29) is 0 Å². The highest BCUT2D eigenvalue weighted by atomic mass is 32.1. The second-order valence-corrected chi connectivity index (χ2v) is 5.65. The molecular weight excluding hydrogens is 240 g/mol. The maximum absolute atomic E-state index is 3.58. The lowest BCUT2D eigenvalue weighted by Crippen LogP contribution is -2.36. The summed E-state index contributed by atoms with van der Waals surface area (Å²) in [5.41, 5.74) is 1.41. The van der Waals surface area contributed by atoms with Crippen LogP contribution in [0.2, 0.25) is 0 Å². The molecule has 0 aliphatic carbocycles. The molecule has 1 unspecified atom stereocenters. The summed E-state index contributed by atoms with van der Waals surface area (Å²) in [4.78, 5) is 0. The first-order chi connectivity index (χ1) is 8.81. The molecule has 2 nitrogen and oxygen atoms in total. The van der Waals surface area contributed by atoms with E-state index in [0.717, 1.165) is 19.6 Å². The van der Waals surface area contributed by atoms with Crippen LogP contribution in [-0.4, -0.2) is 19.1 Å². The third kappa shape index (κ3) is 3.55. The molecule has 0 fully saturated rings. The number of benzene rings is 1. The molecule has 2 N–H and O–H groups in total. The molecule has 1 heterocycles. The van der Waals surface area contributed by atoms with Gasteiger partial charge in [0.05, 0.1) is 0 Å². The predicted molar refractivity (Wildman–Crippen MR) is 81.3 cm³/mol. The minimum atomic E-state index is 0.509. The number of thiophene rings is 1. The lowest BCUT2D eigenvalue weighted by atomic mass is 10.1. The first-order valence-electron chi connectivity index (χ1n) is 6.70. The zero-order valence-electron chi connectivity index (χ0n) is 11.2. The predicted octanol–water partition coefficient (Wildman–Crippen LogP) is 3.38. The van der Waals surface area contributed by atoms with Crippen LogP contribution in [0.1, 0.15) is 25.8 Å². The first-order valence-corrected chi connectivity index (χ1v) is 7.58. The molecule has 0 saturated carbocycles. The largest absolute Gasteiger partial charge is 0.315 e. The molecular formula is C15H22N2S. The Labute approximate surface area is 113 Å². The fraction of sp³-hybridized carbons (Fsp3) is 0.467. The molecule has 3 heteroatoms. The molecule has 0 spiro atoms. The maximum Gasteiger partial charge on any atom is 0.0346 e. The van der Waals surface area contributed by atoms with Gasteiger partial charge in [0.15, 0.2) is 0 Å².